The molecule has 7 heteroatoms. The van der Waals surface area contributed by atoms with Crippen molar-refractivity contribution in [1.29, 1.82) is 0 Å². The van der Waals surface area contributed by atoms with Crippen molar-refractivity contribution in [2.75, 3.05) is 25.2 Å². The number of fused-ring (bicyclic) bond motifs is 1. The highest BCUT2D eigenvalue weighted by Crippen LogP contribution is 2.38. The number of nitrogens with zero attached hydrogens (tertiary/aromatic N) is 2. The highest BCUT2D eigenvalue weighted by molar-refractivity contribution is 6.02. The highest BCUT2D eigenvalue weighted by Gasteiger charge is 2.27. The lowest BCUT2D eigenvalue weighted by Gasteiger charge is -2.28. The molecular weight excluding hydrogens is 252 g/mol. The van der Waals surface area contributed by atoms with Crippen molar-refractivity contribution in [1.82, 2.24) is 0 Å². The molecule has 1 aromatic carbocycles. The van der Waals surface area contributed by atoms with Crippen molar-refractivity contribution >= 4 is 23.3 Å². The van der Waals surface area contributed by atoms with Crippen molar-refractivity contribution < 1.29 is 19.1 Å². The molecule has 1 amide bonds. The van der Waals surface area contributed by atoms with Crippen molar-refractivity contribution in [3.8, 4) is 5.75 Å². The molecule has 0 saturated heterocycles. The number of rotatable bonds is 3. The van der Waals surface area contributed by atoms with Crippen LogP contribution < -0.4 is 9.64 Å². The SMILES string of the molecule is CCN1C(=O)COc2cc(N=O)c(C(=O)OC)cc21. The minimum Gasteiger partial charge on any atom is -0.481 e. The van der Waals surface area contributed by atoms with E-state index in [1.807, 2.05) is 0 Å². The number of anilines is 1. The summed E-state index contributed by atoms with van der Waals surface area (Å²) in [5.41, 5.74) is 0.371. The molecule has 7 nitrogen and oxygen atoms in total. The zero-order valence-corrected chi connectivity index (χ0v) is 10.5. The van der Waals surface area contributed by atoms with E-state index < -0.39 is 5.97 Å². The predicted octanol–water partition coefficient (Wildman–Crippen LogP) is 1.62. The summed E-state index contributed by atoms with van der Waals surface area (Å²) in [6.45, 7) is 2.14. The Morgan fingerprint density at radius 3 is 2.84 bits per heavy atom. The minimum absolute atomic E-state index is 0.00741. The molecule has 100 valence electrons. The van der Waals surface area contributed by atoms with Crippen molar-refractivity contribution in [2.45, 2.75) is 6.92 Å². The second-order valence-electron chi connectivity index (χ2n) is 3.85. The summed E-state index contributed by atoms with van der Waals surface area (Å²) in [5.74, 6) is -0.548. The number of ether oxygens (including phenoxy) is 2. The summed E-state index contributed by atoms with van der Waals surface area (Å²) in [4.78, 5) is 35.5. The second kappa shape index (κ2) is 5.05. The molecule has 0 saturated carbocycles. The van der Waals surface area contributed by atoms with E-state index in [2.05, 4.69) is 9.91 Å². The average Bonchev–Trinajstić information content (AvgIpc) is 2.45. The van der Waals surface area contributed by atoms with Gasteiger partial charge in [0.05, 0.1) is 18.4 Å². The normalized spacial score (nSPS) is 13.6. The van der Waals surface area contributed by atoms with Crippen molar-refractivity contribution in [3.05, 3.63) is 22.6 Å². The third kappa shape index (κ3) is 2.14. The van der Waals surface area contributed by atoms with Crippen molar-refractivity contribution in [2.24, 2.45) is 5.18 Å². The maximum atomic E-state index is 11.7. The molecular formula is C12H12N2O5. The summed E-state index contributed by atoms with van der Waals surface area (Å²) >= 11 is 0. The fraction of sp³-hybridized carbons (Fsp3) is 0.333. The molecule has 0 spiro atoms. The van der Waals surface area contributed by atoms with Gasteiger partial charge in [0.25, 0.3) is 5.91 Å². The summed E-state index contributed by atoms with van der Waals surface area (Å²) in [7, 11) is 1.20. The van der Waals surface area contributed by atoms with Gasteiger partial charge in [-0.3, -0.25) is 4.79 Å². The van der Waals surface area contributed by atoms with Crippen LogP contribution in [0.1, 0.15) is 17.3 Å². The van der Waals surface area contributed by atoms with Gasteiger partial charge in [-0.1, -0.05) is 0 Å². The maximum Gasteiger partial charge on any atom is 0.340 e. The van der Waals surface area contributed by atoms with Crippen molar-refractivity contribution in [3.63, 3.8) is 0 Å². The van der Waals surface area contributed by atoms with Gasteiger partial charge in [0.2, 0.25) is 0 Å². The fourth-order valence-electron chi connectivity index (χ4n) is 1.93. The second-order valence-corrected chi connectivity index (χ2v) is 3.85. The Bertz CT molecular complexity index is 555. The van der Waals surface area contributed by atoms with Crippen LogP contribution in [0, 0.1) is 4.91 Å². The third-order valence-electron chi connectivity index (χ3n) is 2.84. The molecule has 0 fully saturated rings. The predicted molar refractivity (Wildman–Crippen MR) is 66.8 cm³/mol. The van der Waals surface area contributed by atoms with E-state index in [1.54, 1.807) is 6.92 Å². The van der Waals surface area contributed by atoms with E-state index in [4.69, 9.17) is 4.74 Å². The fourth-order valence-corrected chi connectivity index (χ4v) is 1.93. The Kier molecular flexibility index (Phi) is 3.46. The number of carbonyl (C=O) groups is 2. The number of esters is 1. The summed E-state index contributed by atoms with van der Waals surface area (Å²) < 4.78 is 9.82. The molecule has 19 heavy (non-hydrogen) atoms. The van der Waals surface area contributed by atoms with Crippen LogP contribution in [0.15, 0.2) is 17.3 Å². The summed E-state index contributed by atoms with van der Waals surface area (Å²) in [5, 5.41) is 2.78. The van der Waals surface area contributed by atoms with E-state index in [1.165, 1.54) is 24.1 Å². The number of benzene rings is 1. The minimum atomic E-state index is -0.688. The molecule has 0 radical (unpaired) electrons. The van der Waals surface area contributed by atoms with Crippen LogP contribution in [0.4, 0.5) is 11.4 Å². The number of nitroso groups, excluding NO2 is 1. The van der Waals surface area contributed by atoms with Gasteiger partial charge >= 0.3 is 5.97 Å². The number of likely N-dealkylation sites (N-methyl/N-ethyl adjacent to an activating group) is 1. The smallest absolute Gasteiger partial charge is 0.340 e. The number of hydrogen-bond donors (Lipinski definition) is 0. The first-order valence-electron chi connectivity index (χ1n) is 5.65. The van der Waals surface area contributed by atoms with Gasteiger partial charge in [-0.25, -0.2) is 4.79 Å². The molecule has 0 bridgehead atoms. The van der Waals surface area contributed by atoms with Gasteiger partial charge < -0.3 is 14.4 Å². The summed E-state index contributed by atoms with van der Waals surface area (Å²) in [6.07, 6.45) is 0. The Hall–Kier alpha value is -2.44. The van der Waals surface area contributed by atoms with Gasteiger partial charge in [0.15, 0.2) is 6.61 Å². The molecule has 0 unspecified atom stereocenters. The molecule has 1 aliphatic rings. The van der Waals surface area contributed by atoms with E-state index >= 15 is 0 Å². The van der Waals surface area contributed by atoms with E-state index in [9.17, 15) is 14.5 Å². The first-order chi connectivity index (χ1) is 9.12. The molecule has 0 N–H and O–H groups in total. The quantitative estimate of drug-likeness (QED) is 0.611. The van der Waals surface area contributed by atoms with E-state index in [-0.39, 0.29) is 23.8 Å². The van der Waals surface area contributed by atoms with Gasteiger partial charge in [-0.15, -0.1) is 4.91 Å². The zero-order valence-electron chi connectivity index (χ0n) is 10.5. The largest absolute Gasteiger partial charge is 0.481 e. The van der Waals surface area contributed by atoms with Crippen LogP contribution >= 0.6 is 0 Å². The van der Waals surface area contributed by atoms with Crippen LogP contribution in [-0.2, 0) is 9.53 Å². The van der Waals surface area contributed by atoms with Crippen LogP contribution in [0.2, 0.25) is 0 Å². The molecule has 0 aliphatic carbocycles. The van der Waals surface area contributed by atoms with Gasteiger partial charge in [0.1, 0.15) is 11.4 Å². The average molecular weight is 264 g/mol. The number of methoxy groups -OCH3 is 1. The van der Waals surface area contributed by atoms with Gasteiger partial charge in [0, 0.05) is 12.6 Å². The van der Waals surface area contributed by atoms with Crippen LogP contribution in [0.25, 0.3) is 0 Å². The Morgan fingerprint density at radius 2 is 2.26 bits per heavy atom. The van der Waals surface area contributed by atoms with E-state index in [0.717, 1.165) is 0 Å². The Morgan fingerprint density at radius 1 is 1.53 bits per heavy atom. The number of carbonyl (C=O) groups excluding carboxylic acids is 2. The Labute approximate surface area is 109 Å². The highest BCUT2D eigenvalue weighted by atomic mass is 16.5. The monoisotopic (exact) mass is 264 g/mol. The summed E-state index contributed by atoms with van der Waals surface area (Å²) in [6, 6.07) is 2.72. The molecule has 1 heterocycles. The van der Waals surface area contributed by atoms with E-state index in [0.29, 0.717) is 18.0 Å². The lowest BCUT2D eigenvalue weighted by Crippen LogP contribution is -2.38. The molecule has 0 atom stereocenters. The first-order valence-corrected chi connectivity index (χ1v) is 5.65. The van der Waals surface area contributed by atoms with Gasteiger partial charge in [-0.05, 0) is 18.2 Å². The standard InChI is InChI=1S/C12H12N2O5/c1-3-14-9-4-7(12(16)18-2)8(13-17)5-10(9)19-6-11(14)15/h4-5H,3,6H2,1-2H3. The van der Waals surface area contributed by atoms with Crippen LogP contribution in [0.5, 0.6) is 5.75 Å². The van der Waals surface area contributed by atoms with Gasteiger partial charge in [-0.2, -0.15) is 0 Å². The lowest BCUT2D eigenvalue weighted by atomic mass is 10.1. The zero-order chi connectivity index (χ0) is 14.0. The molecule has 2 rings (SSSR count). The first kappa shape index (κ1) is 13.0. The third-order valence-corrected chi connectivity index (χ3v) is 2.84. The van der Waals surface area contributed by atoms with Crippen LogP contribution in [0.3, 0.4) is 0 Å². The van der Waals surface area contributed by atoms with Crippen LogP contribution in [-0.4, -0.2) is 32.1 Å². The molecule has 1 aliphatic heterocycles. The number of hydrogen-bond acceptors (Lipinski definition) is 6. The molecule has 0 aromatic heterocycles. The number of amides is 1. The lowest BCUT2D eigenvalue weighted by molar-refractivity contribution is -0.121. The topological polar surface area (TPSA) is 85.3 Å². The molecule has 1 aromatic rings. The maximum absolute atomic E-state index is 11.7. The Balaban J connectivity index is 2.60.